The van der Waals surface area contributed by atoms with Gasteiger partial charge >= 0.3 is 0 Å². The van der Waals surface area contributed by atoms with E-state index in [1.165, 1.54) is 42.9 Å². The highest BCUT2D eigenvalue weighted by Gasteiger charge is 2.15. The first kappa shape index (κ1) is 14.7. The molecule has 0 radical (unpaired) electrons. The molecule has 0 unspecified atom stereocenters. The fourth-order valence-corrected chi connectivity index (χ4v) is 5.47. The molecule has 0 aliphatic carbocycles. The lowest BCUT2D eigenvalue weighted by Crippen LogP contribution is -2.22. The Balaban J connectivity index is 0.000000109. The summed E-state index contributed by atoms with van der Waals surface area (Å²) in [6.07, 6.45) is 2.30. The number of aromatic nitrogens is 2. The summed E-state index contributed by atoms with van der Waals surface area (Å²) in [4.78, 5) is 8.28. The van der Waals surface area contributed by atoms with Crippen molar-refractivity contribution < 1.29 is 0 Å². The molecule has 6 rings (SSSR count). The van der Waals surface area contributed by atoms with Crippen LogP contribution in [0.15, 0.2) is 22.9 Å². The van der Waals surface area contributed by atoms with Gasteiger partial charge in [0.05, 0.1) is 10.2 Å². The second-order valence-corrected chi connectivity index (χ2v) is 8.18. The largest absolute Gasteiger partial charge is 0.357 e. The van der Waals surface area contributed by atoms with E-state index in [0.717, 1.165) is 39.0 Å². The number of aromatic amines is 2. The Morgan fingerprint density at radius 1 is 0.792 bits per heavy atom. The Labute approximate surface area is 148 Å². The standard InChI is InChI=1S/2C9H10N2S/c1-3-10-5-6-7(1)11-8-2-4-12-9(6)8;1-3-10-5-7-6-2-4-12-9(6)11-8(1)7/h2*2,4,10-11H,1,3,5H2. The summed E-state index contributed by atoms with van der Waals surface area (Å²) < 4.78 is 1.44. The van der Waals surface area contributed by atoms with E-state index in [9.17, 15) is 0 Å². The summed E-state index contributed by atoms with van der Waals surface area (Å²) >= 11 is 3.63. The molecule has 0 bridgehead atoms. The molecule has 24 heavy (non-hydrogen) atoms. The van der Waals surface area contributed by atoms with Crippen molar-refractivity contribution in [2.75, 3.05) is 13.1 Å². The van der Waals surface area contributed by atoms with Crippen LogP contribution >= 0.6 is 22.7 Å². The van der Waals surface area contributed by atoms with Crippen molar-refractivity contribution in [3.05, 3.63) is 45.4 Å². The zero-order chi connectivity index (χ0) is 15.9. The summed E-state index contributed by atoms with van der Waals surface area (Å²) in [6, 6.07) is 4.38. The van der Waals surface area contributed by atoms with Crippen LogP contribution in [0.25, 0.3) is 20.4 Å². The van der Waals surface area contributed by atoms with E-state index in [0.29, 0.717) is 0 Å². The van der Waals surface area contributed by atoms with Gasteiger partial charge in [-0.2, -0.15) is 0 Å². The van der Waals surface area contributed by atoms with Crippen LogP contribution in [0.2, 0.25) is 0 Å². The average molecular weight is 357 g/mol. The second-order valence-electron chi connectivity index (χ2n) is 6.34. The molecule has 0 saturated carbocycles. The lowest BCUT2D eigenvalue weighted by Gasteiger charge is -2.12. The van der Waals surface area contributed by atoms with Crippen LogP contribution in [0.5, 0.6) is 0 Å². The first-order valence-electron chi connectivity index (χ1n) is 8.45. The van der Waals surface area contributed by atoms with Gasteiger partial charge in [0, 0.05) is 61.4 Å². The lowest BCUT2D eigenvalue weighted by molar-refractivity contribution is 0.641. The third-order valence-electron chi connectivity index (χ3n) is 4.92. The molecule has 0 amide bonds. The minimum Gasteiger partial charge on any atom is -0.357 e. The first-order valence-corrected chi connectivity index (χ1v) is 10.2. The van der Waals surface area contributed by atoms with Crippen LogP contribution in [0.3, 0.4) is 0 Å². The van der Waals surface area contributed by atoms with Gasteiger partial charge in [-0.3, -0.25) is 0 Å². The van der Waals surface area contributed by atoms with Gasteiger partial charge < -0.3 is 20.6 Å². The van der Waals surface area contributed by atoms with E-state index in [1.807, 2.05) is 11.3 Å². The molecule has 2 aliphatic heterocycles. The van der Waals surface area contributed by atoms with Gasteiger partial charge in [0.1, 0.15) is 4.83 Å². The normalized spacial score (nSPS) is 16.7. The Kier molecular flexibility index (Phi) is 3.70. The molecule has 4 aromatic heterocycles. The first-order chi connectivity index (χ1) is 11.9. The van der Waals surface area contributed by atoms with Crippen molar-refractivity contribution in [1.82, 2.24) is 20.6 Å². The average Bonchev–Trinajstić information content (AvgIpc) is 3.35. The van der Waals surface area contributed by atoms with Crippen molar-refractivity contribution in [3.8, 4) is 0 Å². The Hall–Kier alpha value is -1.60. The molecule has 2 aliphatic rings. The van der Waals surface area contributed by atoms with Crippen molar-refractivity contribution in [1.29, 1.82) is 0 Å². The van der Waals surface area contributed by atoms with Crippen LogP contribution in [0.4, 0.5) is 0 Å². The minimum absolute atomic E-state index is 1.03. The second kappa shape index (κ2) is 6.04. The fourth-order valence-electron chi connectivity index (χ4n) is 3.70. The van der Waals surface area contributed by atoms with E-state index in [4.69, 9.17) is 0 Å². The molecular weight excluding hydrogens is 336 g/mol. The van der Waals surface area contributed by atoms with E-state index in [2.05, 4.69) is 43.5 Å². The maximum absolute atomic E-state index is 3.47. The Morgan fingerprint density at radius 3 is 2.42 bits per heavy atom. The third-order valence-corrected chi connectivity index (χ3v) is 6.72. The Morgan fingerprint density at radius 2 is 1.54 bits per heavy atom. The summed E-state index contributed by atoms with van der Waals surface area (Å²) in [6.45, 7) is 4.30. The smallest absolute Gasteiger partial charge is 0.100 e. The van der Waals surface area contributed by atoms with Gasteiger partial charge in [-0.1, -0.05) is 0 Å². The number of thiophene rings is 2. The van der Waals surface area contributed by atoms with Gasteiger partial charge in [0.25, 0.3) is 0 Å². The monoisotopic (exact) mass is 356 g/mol. The predicted octanol–water partition coefficient (Wildman–Crippen LogP) is 3.75. The van der Waals surface area contributed by atoms with Gasteiger partial charge in [-0.25, -0.2) is 0 Å². The predicted molar refractivity (Wildman–Crippen MR) is 103 cm³/mol. The molecule has 6 heterocycles. The SMILES string of the molecule is c1cc2[nH]c3c(c2s1)CNCC3.c1cc2c3c([nH]c2s1)CCNC3. The van der Waals surface area contributed by atoms with E-state index < -0.39 is 0 Å². The van der Waals surface area contributed by atoms with Gasteiger partial charge in [0.15, 0.2) is 0 Å². The van der Waals surface area contributed by atoms with Crippen LogP contribution in [-0.2, 0) is 25.9 Å². The quantitative estimate of drug-likeness (QED) is 0.388. The molecule has 4 aromatic rings. The zero-order valence-corrected chi connectivity index (χ0v) is 15.0. The lowest BCUT2D eigenvalue weighted by atomic mass is 10.1. The van der Waals surface area contributed by atoms with Crippen LogP contribution in [0, 0.1) is 0 Å². The number of nitrogens with one attached hydrogen (secondary N) is 4. The van der Waals surface area contributed by atoms with E-state index in [1.54, 1.807) is 11.3 Å². The number of rotatable bonds is 0. The Bertz CT molecular complexity index is 907. The fraction of sp³-hybridized carbons (Fsp3) is 0.333. The van der Waals surface area contributed by atoms with Crippen LogP contribution < -0.4 is 10.6 Å². The van der Waals surface area contributed by atoms with Gasteiger partial charge in [-0.15, -0.1) is 22.7 Å². The highest BCUT2D eigenvalue weighted by Crippen LogP contribution is 2.29. The van der Waals surface area contributed by atoms with Crippen LogP contribution in [0.1, 0.15) is 22.5 Å². The molecule has 0 atom stereocenters. The molecule has 6 heteroatoms. The van der Waals surface area contributed by atoms with Crippen molar-refractivity contribution in [3.63, 3.8) is 0 Å². The molecule has 4 N–H and O–H groups in total. The highest BCUT2D eigenvalue weighted by molar-refractivity contribution is 7.17. The minimum atomic E-state index is 1.03. The van der Waals surface area contributed by atoms with E-state index in [-0.39, 0.29) is 0 Å². The number of hydrogen-bond acceptors (Lipinski definition) is 4. The van der Waals surface area contributed by atoms with Gasteiger partial charge in [0.2, 0.25) is 0 Å². The van der Waals surface area contributed by atoms with E-state index >= 15 is 0 Å². The summed E-state index contributed by atoms with van der Waals surface area (Å²) in [5.41, 5.74) is 7.17. The number of H-pyrrole nitrogens is 2. The van der Waals surface area contributed by atoms with Crippen molar-refractivity contribution in [2.45, 2.75) is 25.9 Å². The van der Waals surface area contributed by atoms with Crippen LogP contribution in [-0.4, -0.2) is 23.1 Å². The topological polar surface area (TPSA) is 55.6 Å². The molecule has 0 fully saturated rings. The zero-order valence-electron chi connectivity index (χ0n) is 13.4. The maximum atomic E-state index is 3.47. The molecule has 0 spiro atoms. The molecular formula is C18H20N4S2. The van der Waals surface area contributed by atoms with Crippen molar-refractivity contribution >= 4 is 43.1 Å². The number of fused-ring (bicyclic) bond motifs is 6. The highest BCUT2D eigenvalue weighted by atomic mass is 32.1. The molecule has 4 nitrogen and oxygen atoms in total. The maximum Gasteiger partial charge on any atom is 0.100 e. The number of hydrogen-bond donors (Lipinski definition) is 4. The molecule has 124 valence electrons. The molecule has 0 saturated heterocycles. The van der Waals surface area contributed by atoms with Crippen molar-refractivity contribution in [2.24, 2.45) is 0 Å². The summed E-state index contributed by atoms with van der Waals surface area (Å²) in [7, 11) is 0. The molecule has 0 aromatic carbocycles. The summed E-state index contributed by atoms with van der Waals surface area (Å²) in [5.74, 6) is 0. The summed E-state index contributed by atoms with van der Waals surface area (Å²) in [5, 5.41) is 12.5. The third kappa shape index (κ3) is 2.41. The van der Waals surface area contributed by atoms with Gasteiger partial charge in [-0.05, 0) is 28.5 Å².